The first-order valence-electron chi connectivity index (χ1n) is 6.57. The van der Waals surface area contributed by atoms with Gasteiger partial charge in [-0.25, -0.2) is 13.1 Å². The fraction of sp³-hybridized carbons (Fsp3) is 0.500. The molecule has 1 aromatic carbocycles. The number of sulfonamides is 1. The molecule has 0 bridgehead atoms. The summed E-state index contributed by atoms with van der Waals surface area (Å²) in [6, 6.07) is 2.59. The third kappa shape index (κ3) is 3.96. The average molecular weight is 317 g/mol. The van der Waals surface area contributed by atoms with Gasteiger partial charge in [0.2, 0.25) is 15.8 Å². The number of nitro benzene ring substituents is 1. The Balaban J connectivity index is 2.08. The Morgan fingerprint density at radius 2 is 2.19 bits per heavy atom. The molecule has 2 rings (SSSR count). The van der Waals surface area contributed by atoms with E-state index in [0.717, 1.165) is 37.9 Å². The van der Waals surface area contributed by atoms with Crippen molar-refractivity contribution in [2.24, 2.45) is 0 Å². The van der Waals surface area contributed by atoms with Crippen molar-refractivity contribution < 1.29 is 17.7 Å². The Labute approximate surface area is 121 Å². The molecule has 9 heteroatoms. The Morgan fingerprint density at radius 3 is 2.76 bits per heavy atom. The highest BCUT2D eigenvalue weighted by Gasteiger charge is 2.22. The Bertz CT molecular complexity index is 629. The molecule has 1 aromatic rings. The van der Waals surface area contributed by atoms with Gasteiger partial charge in [-0.2, -0.15) is 4.39 Å². The topological polar surface area (TPSA) is 101 Å². The average Bonchev–Trinajstić information content (AvgIpc) is 2.46. The summed E-state index contributed by atoms with van der Waals surface area (Å²) in [5.41, 5.74) is -0.747. The molecule has 0 amide bonds. The smallest absolute Gasteiger partial charge is 0.304 e. The number of nitrogens with zero attached hydrogens (tertiary/aromatic N) is 1. The van der Waals surface area contributed by atoms with Gasteiger partial charge in [0.05, 0.1) is 9.82 Å². The van der Waals surface area contributed by atoms with Crippen molar-refractivity contribution in [3.8, 4) is 0 Å². The van der Waals surface area contributed by atoms with Gasteiger partial charge in [-0.15, -0.1) is 0 Å². The molecule has 2 N–H and O–H groups in total. The van der Waals surface area contributed by atoms with Gasteiger partial charge in [-0.1, -0.05) is 6.42 Å². The molecular formula is C12H16FN3O4S. The summed E-state index contributed by atoms with van der Waals surface area (Å²) < 4.78 is 39.9. The van der Waals surface area contributed by atoms with Crippen LogP contribution in [-0.4, -0.2) is 32.5 Å². The number of nitro groups is 1. The summed E-state index contributed by atoms with van der Waals surface area (Å²) in [6.07, 6.45) is 2.97. The molecule has 1 heterocycles. The molecule has 1 atom stereocenters. The highest BCUT2D eigenvalue weighted by atomic mass is 32.2. The van der Waals surface area contributed by atoms with Crippen LogP contribution >= 0.6 is 0 Å². The molecule has 1 unspecified atom stereocenters. The Morgan fingerprint density at radius 1 is 1.43 bits per heavy atom. The van der Waals surface area contributed by atoms with E-state index in [9.17, 15) is 22.9 Å². The fourth-order valence-electron chi connectivity index (χ4n) is 2.19. The molecule has 0 spiro atoms. The summed E-state index contributed by atoms with van der Waals surface area (Å²) >= 11 is 0. The zero-order chi connectivity index (χ0) is 15.5. The van der Waals surface area contributed by atoms with Crippen molar-refractivity contribution in [2.45, 2.75) is 30.2 Å². The number of rotatable bonds is 5. The first-order chi connectivity index (χ1) is 9.90. The van der Waals surface area contributed by atoms with Gasteiger partial charge in [0.15, 0.2) is 0 Å². The predicted molar refractivity (Wildman–Crippen MR) is 73.9 cm³/mol. The van der Waals surface area contributed by atoms with Crippen molar-refractivity contribution in [1.82, 2.24) is 10.0 Å². The maximum Gasteiger partial charge on any atom is 0.304 e. The second kappa shape index (κ2) is 6.46. The summed E-state index contributed by atoms with van der Waals surface area (Å²) in [5, 5.41) is 13.7. The van der Waals surface area contributed by atoms with Crippen LogP contribution in [0.5, 0.6) is 0 Å². The van der Waals surface area contributed by atoms with E-state index < -0.39 is 26.5 Å². The van der Waals surface area contributed by atoms with Crippen LogP contribution in [0.4, 0.5) is 10.1 Å². The predicted octanol–water partition coefficient (Wildman–Crippen LogP) is 1.15. The van der Waals surface area contributed by atoms with E-state index in [1.165, 1.54) is 0 Å². The zero-order valence-corrected chi connectivity index (χ0v) is 12.0. The zero-order valence-electron chi connectivity index (χ0n) is 11.2. The number of halogens is 1. The van der Waals surface area contributed by atoms with Crippen molar-refractivity contribution >= 4 is 15.7 Å². The van der Waals surface area contributed by atoms with Crippen LogP contribution in [0.25, 0.3) is 0 Å². The Hall–Kier alpha value is -1.58. The standard InChI is InChI=1S/C12H16FN3O4S/c13-11-7-10(4-5-12(11)16(17)18)21(19,20)15-8-9-3-1-2-6-14-9/h4-5,7,9,14-15H,1-3,6,8H2. The lowest BCUT2D eigenvalue weighted by atomic mass is 10.1. The van der Waals surface area contributed by atoms with Crippen LogP contribution in [0.15, 0.2) is 23.1 Å². The van der Waals surface area contributed by atoms with E-state index in [4.69, 9.17) is 0 Å². The first-order valence-corrected chi connectivity index (χ1v) is 8.05. The van der Waals surface area contributed by atoms with Gasteiger partial charge in [-0.3, -0.25) is 10.1 Å². The lowest BCUT2D eigenvalue weighted by molar-refractivity contribution is -0.387. The van der Waals surface area contributed by atoms with Crippen LogP contribution in [0.3, 0.4) is 0 Å². The van der Waals surface area contributed by atoms with Gasteiger partial charge >= 0.3 is 5.69 Å². The minimum atomic E-state index is -3.88. The van der Waals surface area contributed by atoms with Crippen LogP contribution in [0, 0.1) is 15.9 Å². The van der Waals surface area contributed by atoms with Gasteiger partial charge in [0.1, 0.15) is 0 Å². The second-order valence-electron chi connectivity index (χ2n) is 4.87. The molecule has 7 nitrogen and oxygen atoms in total. The summed E-state index contributed by atoms with van der Waals surface area (Å²) in [4.78, 5) is 9.29. The Kier molecular flexibility index (Phi) is 4.86. The van der Waals surface area contributed by atoms with Gasteiger partial charge in [0, 0.05) is 24.7 Å². The highest BCUT2D eigenvalue weighted by molar-refractivity contribution is 7.89. The lowest BCUT2D eigenvalue weighted by Gasteiger charge is -2.23. The van der Waals surface area contributed by atoms with Crippen molar-refractivity contribution in [3.05, 3.63) is 34.1 Å². The minimum absolute atomic E-state index is 0.0522. The molecular weight excluding hydrogens is 301 g/mol. The fourth-order valence-corrected chi connectivity index (χ4v) is 3.29. The van der Waals surface area contributed by atoms with E-state index in [-0.39, 0.29) is 17.5 Å². The van der Waals surface area contributed by atoms with E-state index >= 15 is 0 Å². The maximum atomic E-state index is 13.5. The number of nitrogens with one attached hydrogen (secondary N) is 2. The highest BCUT2D eigenvalue weighted by Crippen LogP contribution is 2.20. The summed E-state index contributed by atoms with van der Waals surface area (Å²) in [6.45, 7) is 1.06. The van der Waals surface area contributed by atoms with E-state index in [1.807, 2.05) is 0 Å². The van der Waals surface area contributed by atoms with Crippen molar-refractivity contribution in [3.63, 3.8) is 0 Å². The third-order valence-electron chi connectivity index (χ3n) is 3.36. The van der Waals surface area contributed by atoms with Crippen molar-refractivity contribution in [2.75, 3.05) is 13.1 Å². The maximum absolute atomic E-state index is 13.5. The number of piperidine rings is 1. The van der Waals surface area contributed by atoms with Gasteiger partial charge in [0.25, 0.3) is 0 Å². The van der Waals surface area contributed by atoms with Crippen molar-refractivity contribution in [1.29, 1.82) is 0 Å². The molecule has 0 radical (unpaired) electrons. The quantitative estimate of drug-likeness (QED) is 0.627. The summed E-state index contributed by atoms with van der Waals surface area (Å²) in [7, 11) is -3.88. The van der Waals surface area contributed by atoms with E-state index in [0.29, 0.717) is 6.07 Å². The molecule has 1 aliphatic heterocycles. The first kappa shape index (κ1) is 15.8. The number of hydrogen-bond donors (Lipinski definition) is 2. The minimum Gasteiger partial charge on any atom is -0.313 e. The monoisotopic (exact) mass is 317 g/mol. The van der Waals surface area contributed by atoms with Crippen LogP contribution in [0.1, 0.15) is 19.3 Å². The van der Waals surface area contributed by atoms with Crippen LogP contribution in [0.2, 0.25) is 0 Å². The molecule has 21 heavy (non-hydrogen) atoms. The van der Waals surface area contributed by atoms with E-state index in [2.05, 4.69) is 10.0 Å². The SMILES string of the molecule is O=[N+]([O-])c1ccc(S(=O)(=O)NCC2CCCCN2)cc1F. The van der Waals surface area contributed by atoms with Crippen LogP contribution < -0.4 is 10.0 Å². The van der Waals surface area contributed by atoms with Crippen LogP contribution in [-0.2, 0) is 10.0 Å². The number of hydrogen-bond acceptors (Lipinski definition) is 5. The van der Waals surface area contributed by atoms with E-state index in [1.54, 1.807) is 0 Å². The lowest BCUT2D eigenvalue weighted by Crippen LogP contribution is -2.43. The molecule has 1 saturated heterocycles. The number of benzene rings is 1. The molecule has 116 valence electrons. The second-order valence-corrected chi connectivity index (χ2v) is 6.64. The normalized spacial score (nSPS) is 19.4. The largest absolute Gasteiger partial charge is 0.313 e. The molecule has 1 aliphatic rings. The summed E-state index contributed by atoms with van der Waals surface area (Å²) in [5.74, 6) is -1.17. The molecule has 0 aliphatic carbocycles. The van der Waals surface area contributed by atoms with Gasteiger partial charge in [-0.05, 0) is 25.5 Å². The molecule has 0 aromatic heterocycles. The van der Waals surface area contributed by atoms with Gasteiger partial charge < -0.3 is 5.32 Å². The third-order valence-corrected chi connectivity index (χ3v) is 4.78. The molecule has 0 saturated carbocycles. The molecule has 1 fully saturated rings.